The Morgan fingerprint density at radius 2 is 1.91 bits per heavy atom. The van der Waals surface area contributed by atoms with Crippen LogP contribution < -0.4 is 16.8 Å². The molecular weight excluding hydrogens is 300 g/mol. The van der Waals surface area contributed by atoms with E-state index in [0.717, 1.165) is 0 Å². The number of carbonyl (C=O) groups is 3. The molecule has 3 amide bonds. The predicted octanol–water partition coefficient (Wildman–Crippen LogP) is -1.30. The van der Waals surface area contributed by atoms with Crippen molar-refractivity contribution >= 4 is 17.7 Å². The van der Waals surface area contributed by atoms with Gasteiger partial charge in [0.2, 0.25) is 17.7 Å². The lowest BCUT2D eigenvalue weighted by molar-refractivity contribution is -0.141. The summed E-state index contributed by atoms with van der Waals surface area (Å²) in [5.74, 6) is -1.27. The van der Waals surface area contributed by atoms with Crippen molar-refractivity contribution < 1.29 is 19.5 Å². The zero-order valence-corrected chi connectivity index (χ0v) is 14.0. The molecule has 0 aromatic heterocycles. The molecule has 4 atom stereocenters. The van der Waals surface area contributed by atoms with Gasteiger partial charge in [-0.1, -0.05) is 13.8 Å². The molecule has 0 unspecified atom stereocenters. The predicted molar refractivity (Wildman–Crippen MR) is 85.0 cm³/mol. The highest BCUT2D eigenvalue weighted by atomic mass is 16.3. The molecule has 0 spiro atoms. The number of nitrogens with one attached hydrogen (secondary N) is 1. The van der Waals surface area contributed by atoms with Gasteiger partial charge in [0.1, 0.15) is 18.1 Å². The molecular formula is C15H28N4O4. The Labute approximate surface area is 136 Å². The zero-order valence-electron chi connectivity index (χ0n) is 14.0. The molecule has 0 saturated carbocycles. The second-order valence-electron chi connectivity index (χ2n) is 6.55. The summed E-state index contributed by atoms with van der Waals surface area (Å²) < 4.78 is 0. The van der Waals surface area contributed by atoms with E-state index >= 15 is 0 Å². The lowest BCUT2D eigenvalue weighted by Crippen LogP contribution is -2.56. The lowest BCUT2D eigenvalue weighted by atomic mass is 10.0. The first kappa shape index (κ1) is 19.4. The molecule has 23 heavy (non-hydrogen) atoms. The molecule has 0 bridgehead atoms. The van der Waals surface area contributed by atoms with Crippen molar-refractivity contribution in [3.63, 3.8) is 0 Å². The van der Waals surface area contributed by atoms with Crippen LogP contribution in [0.15, 0.2) is 0 Å². The van der Waals surface area contributed by atoms with Gasteiger partial charge in [0, 0.05) is 6.54 Å². The van der Waals surface area contributed by atoms with Gasteiger partial charge in [0.05, 0.1) is 6.10 Å². The van der Waals surface area contributed by atoms with Gasteiger partial charge in [-0.25, -0.2) is 0 Å². The fourth-order valence-electron chi connectivity index (χ4n) is 2.69. The first-order chi connectivity index (χ1) is 10.6. The highest BCUT2D eigenvalue weighted by molar-refractivity contribution is 5.93. The van der Waals surface area contributed by atoms with Crippen molar-refractivity contribution in [2.24, 2.45) is 17.4 Å². The minimum absolute atomic E-state index is 0.192. The van der Waals surface area contributed by atoms with E-state index in [1.807, 2.05) is 13.8 Å². The third kappa shape index (κ3) is 5.18. The van der Waals surface area contributed by atoms with Crippen LogP contribution in [0.5, 0.6) is 0 Å². The van der Waals surface area contributed by atoms with Crippen LogP contribution in [0.2, 0.25) is 0 Å². The van der Waals surface area contributed by atoms with Crippen LogP contribution >= 0.6 is 0 Å². The fraction of sp³-hybridized carbons (Fsp3) is 0.800. The molecule has 1 saturated heterocycles. The average molecular weight is 328 g/mol. The summed E-state index contributed by atoms with van der Waals surface area (Å²) in [6.07, 6.45) is 0.611. The van der Waals surface area contributed by atoms with Gasteiger partial charge >= 0.3 is 0 Å². The maximum atomic E-state index is 12.4. The van der Waals surface area contributed by atoms with Gasteiger partial charge in [0.15, 0.2) is 0 Å². The molecule has 0 aliphatic carbocycles. The van der Waals surface area contributed by atoms with Crippen molar-refractivity contribution in [2.45, 2.75) is 64.3 Å². The van der Waals surface area contributed by atoms with Crippen molar-refractivity contribution in [3.8, 4) is 0 Å². The number of nitrogens with two attached hydrogens (primary N) is 2. The molecule has 1 heterocycles. The normalized spacial score (nSPS) is 21.8. The quantitative estimate of drug-likeness (QED) is 0.460. The number of aliphatic hydroxyl groups excluding tert-OH is 1. The number of nitrogens with zero attached hydrogens (tertiary/aromatic N) is 1. The van der Waals surface area contributed by atoms with Crippen LogP contribution in [0.3, 0.4) is 0 Å². The Bertz CT molecular complexity index is 453. The van der Waals surface area contributed by atoms with Gasteiger partial charge < -0.3 is 26.8 Å². The third-order valence-corrected chi connectivity index (χ3v) is 4.01. The monoisotopic (exact) mass is 328 g/mol. The Morgan fingerprint density at radius 3 is 2.39 bits per heavy atom. The van der Waals surface area contributed by atoms with E-state index in [1.165, 1.54) is 11.8 Å². The zero-order chi connectivity index (χ0) is 17.7. The van der Waals surface area contributed by atoms with Crippen molar-refractivity contribution in [1.82, 2.24) is 10.2 Å². The van der Waals surface area contributed by atoms with Gasteiger partial charge in [0.25, 0.3) is 0 Å². The van der Waals surface area contributed by atoms with Crippen molar-refractivity contribution in [1.29, 1.82) is 0 Å². The molecule has 1 rings (SSSR count). The third-order valence-electron chi connectivity index (χ3n) is 4.01. The van der Waals surface area contributed by atoms with Crippen LogP contribution in [-0.2, 0) is 14.4 Å². The van der Waals surface area contributed by atoms with Crippen molar-refractivity contribution in [3.05, 3.63) is 0 Å². The molecule has 0 radical (unpaired) electrons. The highest BCUT2D eigenvalue weighted by Crippen LogP contribution is 2.19. The minimum Gasteiger partial charge on any atom is -0.391 e. The molecule has 132 valence electrons. The Morgan fingerprint density at radius 1 is 1.30 bits per heavy atom. The summed E-state index contributed by atoms with van der Waals surface area (Å²) in [6, 6.07) is -2.50. The topological polar surface area (TPSA) is 139 Å². The number of rotatable bonds is 7. The van der Waals surface area contributed by atoms with Crippen LogP contribution in [-0.4, -0.2) is 58.5 Å². The number of carbonyl (C=O) groups excluding carboxylic acids is 3. The van der Waals surface area contributed by atoms with Crippen LogP contribution in [0.1, 0.15) is 40.0 Å². The summed E-state index contributed by atoms with van der Waals surface area (Å²) in [5, 5.41) is 12.1. The van der Waals surface area contributed by atoms with Crippen molar-refractivity contribution in [2.75, 3.05) is 6.54 Å². The minimum atomic E-state index is -1.06. The first-order valence-corrected chi connectivity index (χ1v) is 7.99. The molecule has 0 aromatic rings. The second kappa shape index (κ2) is 8.26. The van der Waals surface area contributed by atoms with Gasteiger partial charge in [-0.05, 0) is 32.1 Å². The lowest BCUT2D eigenvalue weighted by Gasteiger charge is -2.29. The summed E-state index contributed by atoms with van der Waals surface area (Å²) in [4.78, 5) is 37.5. The number of hydrogen-bond acceptors (Lipinski definition) is 5. The summed E-state index contributed by atoms with van der Waals surface area (Å²) >= 11 is 0. The molecule has 8 heteroatoms. The van der Waals surface area contributed by atoms with Gasteiger partial charge in [-0.3, -0.25) is 14.4 Å². The van der Waals surface area contributed by atoms with E-state index in [4.69, 9.17) is 11.5 Å². The molecule has 6 N–H and O–H groups in total. The Balaban J connectivity index is 2.77. The van der Waals surface area contributed by atoms with Crippen LogP contribution in [0, 0.1) is 5.92 Å². The standard InChI is InChI=1S/C15H28N4O4/c1-8(2)7-10(13(17)21)18-14(22)11-5-4-6-19(11)15(23)12(16)9(3)20/h8-12,20H,4-7,16H2,1-3H3,(H2,17,21)(H,18,22)/t9-,10+,11+,12+/m1/s1. The van der Waals surface area contributed by atoms with E-state index < -0.39 is 42.0 Å². The average Bonchev–Trinajstić information content (AvgIpc) is 2.93. The summed E-state index contributed by atoms with van der Waals surface area (Å²) in [5.41, 5.74) is 11.0. The molecule has 0 aromatic carbocycles. The smallest absolute Gasteiger partial charge is 0.243 e. The summed E-state index contributed by atoms with van der Waals surface area (Å²) in [7, 11) is 0. The van der Waals surface area contributed by atoms with E-state index in [1.54, 1.807) is 0 Å². The summed E-state index contributed by atoms with van der Waals surface area (Å²) in [6.45, 7) is 5.69. The van der Waals surface area contributed by atoms with Gasteiger partial charge in [-0.2, -0.15) is 0 Å². The molecule has 1 aliphatic rings. The van der Waals surface area contributed by atoms with E-state index in [-0.39, 0.29) is 5.92 Å². The molecule has 1 fully saturated rings. The largest absolute Gasteiger partial charge is 0.391 e. The van der Waals surface area contributed by atoms with E-state index in [2.05, 4.69) is 5.32 Å². The first-order valence-electron chi connectivity index (χ1n) is 7.99. The Hall–Kier alpha value is -1.67. The van der Waals surface area contributed by atoms with Crippen LogP contribution in [0.4, 0.5) is 0 Å². The van der Waals surface area contributed by atoms with Crippen LogP contribution in [0.25, 0.3) is 0 Å². The maximum Gasteiger partial charge on any atom is 0.243 e. The molecule has 1 aliphatic heterocycles. The Kier molecular flexibility index (Phi) is 6.96. The SMILES string of the molecule is CC(C)C[C@H](NC(=O)[C@@H]1CCCN1C(=O)[C@@H](N)[C@@H](C)O)C(N)=O. The fourth-order valence-corrected chi connectivity index (χ4v) is 2.69. The molecule has 8 nitrogen and oxygen atoms in total. The highest BCUT2D eigenvalue weighted by Gasteiger charge is 2.38. The van der Waals surface area contributed by atoms with E-state index in [9.17, 15) is 19.5 Å². The number of amides is 3. The maximum absolute atomic E-state index is 12.4. The number of aliphatic hydroxyl groups is 1. The van der Waals surface area contributed by atoms with E-state index in [0.29, 0.717) is 25.8 Å². The van der Waals surface area contributed by atoms with Gasteiger partial charge in [-0.15, -0.1) is 0 Å². The second-order valence-corrected chi connectivity index (χ2v) is 6.55. The number of likely N-dealkylation sites (tertiary alicyclic amines) is 1. The number of primary amides is 1. The number of hydrogen-bond donors (Lipinski definition) is 4.